The second kappa shape index (κ2) is 65.5. The van der Waals surface area contributed by atoms with Crippen molar-refractivity contribution < 1.29 is 80.2 Å². The first kappa shape index (κ1) is 90.5. The van der Waals surface area contributed by atoms with Crippen LogP contribution in [-0.2, 0) is 65.4 Å². The third-order valence-corrected chi connectivity index (χ3v) is 18.8. The van der Waals surface area contributed by atoms with Crippen LogP contribution in [0.3, 0.4) is 0 Å². The summed E-state index contributed by atoms with van der Waals surface area (Å²) in [5.41, 5.74) is 0. The summed E-state index contributed by atoms with van der Waals surface area (Å²) in [6.45, 7) is 9.45. The van der Waals surface area contributed by atoms with Gasteiger partial charge in [-0.15, -0.1) is 0 Å². The van der Waals surface area contributed by atoms with Crippen LogP contribution in [0.15, 0.2) is 24.3 Å². The molecule has 17 nitrogen and oxygen atoms in total. The number of carbonyl (C=O) groups excluding carboxylic acids is 4. The molecule has 6 atom stereocenters. The van der Waals surface area contributed by atoms with Gasteiger partial charge < -0.3 is 33.8 Å². The van der Waals surface area contributed by atoms with Crippen molar-refractivity contribution in [1.82, 2.24) is 0 Å². The van der Waals surface area contributed by atoms with Crippen molar-refractivity contribution in [3.63, 3.8) is 0 Å². The zero-order chi connectivity index (χ0) is 68.6. The third kappa shape index (κ3) is 66.6. The lowest BCUT2D eigenvalue weighted by molar-refractivity contribution is -0.161. The van der Waals surface area contributed by atoms with Crippen LogP contribution in [0.2, 0.25) is 0 Å². The SMILES string of the molecule is CCCCCC/C=C\C=C/CCCCCCCC(=O)OC[C@H](COP(=O)(O)OC[C@@H](O)COP(=O)(O)OC[C@@H](COC(=O)CCCCCCC)OC(=O)CCCCCCCCCCC(C)CC)OC(=O)CCCCCCCCCCCCCCCCCCCCC(C)C. The highest BCUT2D eigenvalue weighted by Crippen LogP contribution is 2.45. The van der Waals surface area contributed by atoms with Gasteiger partial charge in [-0.3, -0.25) is 37.3 Å². The van der Waals surface area contributed by atoms with Crippen molar-refractivity contribution >= 4 is 39.5 Å². The Morgan fingerprint density at radius 3 is 0.968 bits per heavy atom. The van der Waals surface area contributed by atoms with Crippen molar-refractivity contribution in [1.29, 1.82) is 0 Å². The molecule has 548 valence electrons. The number of rotatable bonds is 71. The molecule has 3 unspecified atom stereocenters. The van der Waals surface area contributed by atoms with Crippen molar-refractivity contribution in [2.24, 2.45) is 11.8 Å². The largest absolute Gasteiger partial charge is 0.472 e. The Labute approximate surface area is 567 Å². The average molecular weight is 1360 g/mol. The minimum absolute atomic E-state index is 0.101. The molecule has 19 heteroatoms. The van der Waals surface area contributed by atoms with E-state index in [1.54, 1.807) is 0 Å². The summed E-state index contributed by atoms with van der Waals surface area (Å²) in [4.78, 5) is 72.4. The first-order valence-corrected chi connectivity index (χ1v) is 40.8. The number of phosphoric ester groups is 2. The fraction of sp³-hybridized carbons (Fsp3) is 0.892. The fourth-order valence-electron chi connectivity index (χ4n) is 10.7. The molecule has 3 N–H and O–H groups in total. The molecule has 0 spiro atoms. The molecule has 0 bridgehead atoms. The Bertz CT molecular complexity index is 1900. The van der Waals surface area contributed by atoms with Gasteiger partial charge in [-0.25, -0.2) is 9.13 Å². The van der Waals surface area contributed by atoms with Crippen LogP contribution in [0.5, 0.6) is 0 Å². The lowest BCUT2D eigenvalue weighted by atomic mass is 9.99. The quantitative estimate of drug-likeness (QED) is 0.0169. The molecular formula is C74H140O17P2. The van der Waals surface area contributed by atoms with Crippen LogP contribution >= 0.6 is 15.6 Å². The Morgan fingerprint density at radius 2 is 0.634 bits per heavy atom. The van der Waals surface area contributed by atoms with E-state index in [4.69, 9.17) is 37.0 Å². The molecule has 0 aromatic heterocycles. The van der Waals surface area contributed by atoms with E-state index >= 15 is 0 Å². The van der Waals surface area contributed by atoms with Crippen LogP contribution in [0, 0.1) is 11.8 Å². The topological polar surface area (TPSA) is 237 Å². The smallest absolute Gasteiger partial charge is 0.462 e. The molecule has 0 saturated heterocycles. The van der Waals surface area contributed by atoms with Gasteiger partial charge in [0.2, 0.25) is 0 Å². The second-order valence-electron chi connectivity index (χ2n) is 26.7. The van der Waals surface area contributed by atoms with Crippen molar-refractivity contribution in [2.45, 2.75) is 374 Å². The summed E-state index contributed by atoms with van der Waals surface area (Å²) in [6.07, 6.45) is 55.4. The number of unbranched alkanes of at least 4 members (excludes halogenated alkanes) is 37. The Hall–Kier alpha value is -2.46. The number of hydrogen-bond donors (Lipinski definition) is 3. The normalized spacial score (nSPS) is 14.5. The molecule has 0 heterocycles. The van der Waals surface area contributed by atoms with E-state index in [0.717, 1.165) is 127 Å². The van der Waals surface area contributed by atoms with Gasteiger partial charge in [0.05, 0.1) is 26.4 Å². The average Bonchev–Trinajstić information content (AvgIpc) is 2.77. The molecule has 0 aromatic carbocycles. The van der Waals surface area contributed by atoms with Gasteiger partial charge in [0.1, 0.15) is 19.3 Å². The van der Waals surface area contributed by atoms with E-state index in [-0.39, 0.29) is 25.7 Å². The van der Waals surface area contributed by atoms with Crippen LogP contribution in [0.25, 0.3) is 0 Å². The van der Waals surface area contributed by atoms with Gasteiger partial charge in [0.25, 0.3) is 0 Å². The van der Waals surface area contributed by atoms with E-state index in [1.807, 2.05) is 0 Å². The van der Waals surface area contributed by atoms with Gasteiger partial charge in [-0.1, -0.05) is 303 Å². The first-order chi connectivity index (χ1) is 44.9. The molecule has 0 amide bonds. The second-order valence-corrected chi connectivity index (χ2v) is 29.6. The maximum Gasteiger partial charge on any atom is 0.472 e. The van der Waals surface area contributed by atoms with Gasteiger partial charge in [0.15, 0.2) is 12.2 Å². The zero-order valence-electron chi connectivity index (χ0n) is 60.0. The van der Waals surface area contributed by atoms with Crippen LogP contribution in [0.1, 0.15) is 356 Å². The molecule has 0 aliphatic carbocycles. The first-order valence-electron chi connectivity index (χ1n) is 37.8. The molecule has 0 radical (unpaired) electrons. The maximum atomic E-state index is 13.1. The predicted molar refractivity (Wildman–Crippen MR) is 377 cm³/mol. The highest BCUT2D eigenvalue weighted by molar-refractivity contribution is 7.47. The Kier molecular flexibility index (Phi) is 63.7. The number of esters is 4. The van der Waals surface area contributed by atoms with Crippen molar-refractivity contribution in [3.05, 3.63) is 24.3 Å². The molecule has 0 fully saturated rings. The van der Waals surface area contributed by atoms with E-state index in [9.17, 15) is 43.2 Å². The van der Waals surface area contributed by atoms with Gasteiger partial charge >= 0.3 is 39.5 Å². The fourth-order valence-corrected chi connectivity index (χ4v) is 12.3. The van der Waals surface area contributed by atoms with Crippen LogP contribution in [0.4, 0.5) is 0 Å². The highest BCUT2D eigenvalue weighted by Gasteiger charge is 2.30. The van der Waals surface area contributed by atoms with Crippen molar-refractivity contribution in [3.8, 4) is 0 Å². The summed E-state index contributed by atoms with van der Waals surface area (Å²) < 4.78 is 68.1. The van der Waals surface area contributed by atoms with Gasteiger partial charge in [0, 0.05) is 25.7 Å². The number of phosphoric acid groups is 2. The minimum Gasteiger partial charge on any atom is -0.462 e. The summed E-state index contributed by atoms with van der Waals surface area (Å²) in [5, 5.41) is 10.6. The zero-order valence-corrected chi connectivity index (χ0v) is 61.8. The number of aliphatic hydroxyl groups excluding tert-OH is 1. The molecule has 0 aliphatic heterocycles. The standard InChI is InChI=1S/C74H140O17P2/c1-7-10-12-14-15-16-17-18-23-27-30-33-39-45-51-57-72(77)85-63-70(91-73(78)58-52-46-40-34-31-28-25-22-20-19-21-24-26-29-32-37-43-48-54-66(4)5)65-89-93(82,83)87-61-68(75)60-86-92(80,81)88-64-69(62-84-71(76)56-50-42-13-11-8-2)90-74(79)59-53-47-41-36-35-38-44-49-55-67(6)9-3/h16-18,23,66-70,75H,7-15,19-22,24-65H2,1-6H3,(H,80,81)(H,82,83)/b17-16-,23-18-/t67?,68-,69+,70+/m0/s1. The van der Waals surface area contributed by atoms with Crippen molar-refractivity contribution in [2.75, 3.05) is 39.6 Å². The summed E-state index contributed by atoms with van der Waals surface area (Å²) in [7, 11) is -9.91. The highest BCUT2D eigenvalue weighted by atomic mass is 31.2. The number of carbonyl (C=O) groups is 4. The molecule has 0 saturated carbocycles. The summed E-state index contributed by atoms with van der Waals surface area (Å²) >= 11 is 0. The van der Waals surface area contributed by atoms with Crippen LogP contribution in [-0.4, -0.2) is 96.7 Å². The summed E-state index contributed by atoms with van der Waals surface area (Å²) in [6, 6.07) is 0. The maximum absolute atomic E-state index is 13.1. The molecule has 0 aromatic rings. The number of hydrogen-bond acceptors (Lipinski definition) is 15. The minimum atomic E-state index is -4.96. The lowest BCUT2D eigenvalue weighted by Crippen LogP contribution is -2.30. The third-order valence-electron chi connectivity index (χ3n) is 16.9. The number of allylic oxidation sites excluding steroid dienone is 4. The van der Waals surface area contributed by atoms with E-state index in [2.05, 4.69) is 65.8 Å². The Morgan fingerprint density at radius 1 is 0.355 bits per heavy atom. The monoisotopic (exact) mass is 1360 g/mol. The lowest BCUT2D eigenvalue weighted by Gasteiger charge is -2.21. The predicted octanol–water partition coefficient (Wildman–Crippen LogP) is 21.1. The van der Waals surface area contributed by atoms with Gasteiger partial charge in [-0.2, -0.15) is 0 Å². The number of ether oxygens (including phenoxy) is 4. The number of aliphatic hydroxyl groups is 1. The molecule has 0 rings (SSSR count). The Balaban J connectivity index is 5.16. The van der Waals surface area contributed by atoms with E-state index in [0.29, 0.717) is 25.7 Å². The van der Waals surface area contributed by atoms with E-state index in [1.165, 1.54) is 148 Å². The van der Waals surface area contributed by atoms with Gasteiger partial charge in [-0.05, 0) is 63.2 Å². The van der Waals surface area contributed by atoms with E-state index < -0.39 is 97.5 Å². The molecule has 93 heavy (non-hydrogen) atoms. The molecular weight excluding hydrogens is 1220 g/mol. The van der Waals surface area contributed by atoms with Crippen LogP contribution < -0.4 is 0 Å². The molecule has 0 aliphatic rings. The summed E-state index contributed by atoms with van der Waals surface area (Å²) in [5.74, 6) is -0.576.